The van der Waals surface area contributed by atoms with E-state index in [4.69, 9.17) is 15.2 Å². The van der Waals surface area contributed by atoms with Gasteiger partial charge in [-0.15, -0.1) is 0 Å². The van der Waals surface area contributed by atoms with Crippen molar-refractivity contribution in [1.29, 1.82) is 0 Å². The Hall–Kier alpha value is -2.33. The minimum atomic E-state index is -0.668. The van der Waals surface area contributed by atoms with E-state index in [9.17, 15) is 4.79 Å². The van der Waals surface area contributed by atoms with Crippen molar-refractivity contribution >= 4 is 5.78 Å². The Balaban J connectivity index is 1.87. The van der Waals surface area contributed by atoms with Gasteiger partial charge in [0, 0.05) is 5.56 Å². The SMILES string of the molecule is NC(C(=O)c1ccc2c(c1)OCCO2)c1ccccc1. The van der Waals surface area contributed by atoms with Crippen LogP contribution >= 0.6 is 0 Å². The van der Waals surface area contributed by atoms with Gasteiger partial charge in [-0.1, -0.05) is 30.3 Å². The summed E-state index contributed by atoms with van der Waals surface area (Å²) in [5, 5.41) is 0. The van der Waals surface area contributed by atoms with Crippen molar-refractivity contribution in [1.82, 2.24) is 0 Å². The van der Waals surface area contributed by atoms with Gasteiger partial charge < -0.3 is 15.2 Å². The topological polar surface area (TPSA) is 61.6 Å². The number of fused-ring (bicyclic) bond motifs is 1. The number of carbonyl (C=O) groups is 1. The highest BCUT2D eigenvalue weighted by Gasteiger charge is 2.20. The fourth-order valence-electron chi connectivity index (χ4n) is 2.19. The molecule has 4 heteroatoms. The first-order valence-corrected chi connectivity index (χ1v) is 6.50. The Morgan fingerprint density at radius 1 is 1.00 bits per heavy atom. The molecule has 102 valence electrons. The molecule has 0 saturated heterocycles. The molecular weight excluding hydrogens is 254 g/mol. The molecule has 2 aromatic rings. The molecule has 1 atom stereocenters. The lowest BCUT2D eigenvalue weighted by Crippen LogP contribution is -2.22. The molecule has 1 heterocycles. The molecule has 0 aromatic heterocycles. The quantitative estimate of drug-likeness (QED) is 0.869. The molecule has 2 aromatic carbocycles. The number of hydrogen-bond acceptors (Lipinski definition) is 4. The third-order valence-corrected chi connectivity index (χ3v) is 3.27. The fraction of sp³-hybridized carbons (Fsp3) is 0.188. The van der Waals surface area contributed by atoms with E-state index in [1.54, 1.807) is 18.2 Å². The van der Waals surface area contributed by atoms with Crippen molar-refractivity contribution in [2.24, 2.45) is 5.73 Å². The predicted octanol–water partition coefficient (Wildman–Crippen LogP) is 2.34. The van der Waals surface area contributed by atoms with Crippen molar-refractivity contribution in [3.8, 4) is 11.5 Å². The van der Waals surface area contributed by atoms with E-state index in [0.29, 0.717) is 30.3 Å². The highest BCUT2D eigenvalue weighted by atomic mass is 16.6. The van der Waals surface area contributed by atoms with E-state index in [1.165, 1.54) is 0 Å². The maximum atomic E-state index is 12.4. The Bertz CT molecular complexity index is 625. The smallest absolute Gasteiger partial charge is 0.184 e. The van der Waals surface area contributed by atoms with E-state index < -0.39 is 6.04 Å². The van der Waals surface area contributed by atoms with Gasteiger partial charge in [0.1, 0.15) is 13.2 Å². The van der Waals surface area contributed by atoms with E-state index in [-0.39, 0.29) is 5.78 Å². The zero-order chi connectivity index (χ0) is 13.9. The average Bonchev–Trinajstić information content (AvgIpc) is 2.54. The van der Waals surface area contributed by atoms with Crippen LogP contribution in [0.4, 0.5) is 0 Å². The maximum absolute atomic E-state index is 12.4. The van der Waals surface area contributed by atoms with Gasteiger partial charge in [0.05, 0.1) is 6.04 Å². The van der Waals surface area contributed by atoms with Crippen molar-refractivity contribution in [3.05, 3.63) is 59.7 Å². The number of ether oxygens (including phenoxy) is 2. The summed E-state index contributed by atoms with van der Waals surface area (Å²) >= 11 is 0. The van der Waals surface area contributed by atoms with Crippen molar-refractivity contribution in [3.63, 3.8) is 0 Å². The molecule has 1 aliphatic rings. The van der Waals surface area contributed by atoms with Gasteiger partial charge in [-0.05, 0) is 23.8 Å². The number of carbonyl (C=O) groups excluding carboxylic acids is 1. The molecule has 1 aliphatic heterocycles. The first-order chi connectivity index (χ1) is 9.75. The van der Waals surface area contributed by atoms with Gasteiger partial charge in [-0.25, -0.2) is 0 Å². The van der Waals surface area contributed by atoms with Crippen LogP contribution in [0.15, 0.2) is 48.5 Å². The normalized spacial score (nSPS) is 14.7. The van der Waals surface area contributed by atoms with Crippen LogP contribution in [-0.2, 0) is 0 Å². The van der Waals surface area contributed by atoms with Crippen LogP contribution in [0.5, 0.6) is 11.5 Å². The molecular formula is C16H15NO3. The molecule has 1 unspecified atom stereocenters. The highest BCUT2D eigenvalue weighted by Crippen LogP contribution is 2.31. The molecule has 2 N–H and O–H groups in total. The summed E-state index contributed by atoms with van der Waals surface area (Å²) in [7, 11) is 0. The van der Waals surface area contributed by atoms with Crippen molar-refractivity contribution < 1.29 is 14.3 Å². The molecule has 0 bridgehead atoms. The van der Waals surface area contributed by atoms with E-state index in [0.717, 1.165) is 5.56 Å². The molecule has 0 aliphatic carbocycles. The molecule has 0 saturated carbocycles. The van der Waals surface area contributed by atoms with Crippen molar-refractivity contribution in [2.45, 2.75) is 6.04 Å². The summed E-state index contributed by atoms with van der Waals surface area (Å²) in [6.07, 6.45) is 0. The predicted molar refractivity (Wildman–Crippen MR) is 75.1 cm³/mol. The Labute approximate surface area is 117 Å². The lowest BCUT2D eigenvalue weighted by Gasteiger charge is -2.19. The zero-order valence-corrected chi connectivity index (χ0v) is 10.9. The maximum Gasteiger partial charge on any atom is 0.184 e. The average molecular weight is 269 g/mol. The van der Waals surface area contributed by atoms with Gasteiger partial charge in [-0.2, -0.15) is 0 Å². The number of ketones is 1. The standard InChI is InChI=1S/C16H15NO3/c17-15(11-4-2-1-3-5-11)16(18)12-6-7-13-14(10-12)20-9-8-19-13/h1-7,10,15H,8-9,17H2. The number of benzene rings is 2. The minimum absolute atomic E-state index is 0.131. The second-order valence-corrected chi connectivity index (χ2v) is 4.61. The number of hydrogen-bond donors (Lipinski definition) is 1. The minimum Gasteiger partial charge on any atom is -0.486 e. The summed E-state index contributed by atoms with van der Waals surface area (Å²) in [5.41, 5.74) is 7.36. The third kappa shape index (κ3) is 2.38. The summed E-state index contributed by atoms with van der Waals surface area (Å²) in [6.45, 7) is 1.03. The monoisotopic (exact) mass is 269 g/mol. The zero-order valence-electron chi connectivity index (χ0n) is 10.9. The van der Waals surface area contributed by atoms with E-state index in [1.807, 2.05) is 30.3 Å². The van der Waals surface area contributed by atoms with Crippen LogP contribution in [0.25, 0.3) is 0 Å². The van der Waals surface area contributed by atoms with Gasteiger partial charge in [-0.3, -0.25) is 4.79 Å². The first kappa shape index (κ1) is 12.7. The second kappa shape index (κ2) is 5.35. The van der Waals surface area contributed by atoms with Crippen LogP contribution in [0.1, 0.15) is 22.0 Å². The third-order valence-electron chi connectivity index (χ3n) is 3.27. The molecule has 0 amide bonds. The Morgan fingerprint density at radius 2 is 1.70 bits per heavy atom. The van der Waals surface area contributed by atoms with Crippen molar-refractivity contribution in [2.75, 3.05) is 13.2 Å². The summed E-state index contributed by atoms with van der Waals surface area (Å²) in [4.78, 5) is 12.4. The van der Waals surface area contributed by atoms with Crippen LogP contribution < -0.4 is 15.2 Å². The summed E-state index contributed by atoms with van der Waals surface area (Å²) < 4.78 is 10.9. The van der Waals surface area contributed by atoms with Gasteiger partial charge in [0.25, 0.3) is 0 Å². The van der Waals surface area contributed by atoms with E-state index >= 15 is 0 Å². The highest BCUT2D eigenvalue weighted by molar-refractivity contribution is 6.01. The number of Topliss-reactive ketones (excluding diaryl/α,β-unsaturated/α-hetero) is 1. The van der Waals surface area contributed by atoms with Crippen LogP contribution in [0.3, 0.4) is 0 Å². The summed E-state index contributed by atoms with van der Waals surface area (Å²) in [6, 6.07) is 13.8. The molecule has 4 nitrogen and oxygen atoms in total. The molecule has 3 rings (SSSR count). The molecule has 20 heavy (non-hydrogen) atoms. The largest absolute Gasteiger partial charge is 0.486 e. The van der Waals surface area contributed by atoms with Crippen LogP contribution in [-0.4, -0.2) is 19.0 Å². The Kier molecular flexibility index (Phi) is 3.39. The van der Waals surface area contributed by atoms with E-state index in [2.05, 4.69) is 0 Å². The molecule has 0 spiro atoms. The van der Waals surface area contributed by atoms with Gasteiger partial charge in [0.2, 0.25) is 0 Å². The van der Waals surface area contributed by atoms with Crippen LogP contribution in [0, 0.1) is 0 Å². The number of rotatable bonds is 3. The second-order valence-electron chi connectivity index (χ2n) is 4.61. The Morgan fingerprint density at radius 3 is 2.45 bits per heavy atom. The van der Waals surface area contributed by atoms with Gasteiger partial charge >= 0.3 is 0 Å². The lowest BCUT2D eigenvalue weighted by atomic mass is 9.98. The lowest BCUT2D eigenvalue weighted by molar-refractivity contribution is 0.0960. The fourth-order valence-corrected chi connectivity index (χ4v) is 2.19. The molecule has 0 radical (unpaired) electrons. The van der Waals surface area contributed by atoms with Gasteiger partial charge in [0.15, 0.2) is 17.3 Å². The number of nitrogens with two attached hydrogens (primary N) is 1. The first-order valence-electron chi connectivity index (χ1n) is 6.50. The summed E-state index contributed by atoms with van der Waals surface area (Å²) in [5.74, 6) is 1.14. The molecule has 0 fully saturated rings. The van der Waals surface area contributed by atoms with Crippen LogP contribution in [0.2, 0.25) is 0 Å².